The number of urea groups is 1. The summed E-state index contributed by atoms with van der Waals surface area (Å²) in [5.74, 6) is -0.237. The fraction of sp³-hybridized carbons (Fsp3) is 0.471. The van der Waals surface area contributed by atoms with Gasteiger partial charge in [-0.25, -0.2) is 14.9 Å². The summed E-state index contributed by atoms with van der Waals surface area (Å²) in [6, 6.07) is 2.73. The van der Waals surface area contributed by atoms with Crippen LogP contribution in [0.4, 0.5) is 9.93 Å². The predicted octanol–water partition coefficient (Wildman–Crippen LogP) is 1.49. The topological polar surface area (TPSA) is 120 Å². The van der Waals surface area contributed by atoms with Crippen LogP contribution in [0.1, 0.15) is 46.7 Å². The summed E-state index contributed by atoms with van der Waals surface area (Å²) in [6.45, 7) is 0.933. The van der Waals surface area contributed by atoms with E-state index >= 15 is 0 Å². The predicted molar refractivity (Wildman–Crippen MR) is 99.8 cm³/mol. The van der Waals surface area contributed by atoms with E-state index in [1.807, 2.05) is 0 Å². The highest BCUT2D eigenvalue weighted by Crippen LogP contribution is 2.29. The highest BCUT2D eigenvalue weighted by atomic mass is 32.1. The summed E-state index contributed by atoms with van der Waals surface area (Å²) in [7, 11) is 0. The van der Waals surface area contributed by atoms with Gasteiger partial charge in [0.15, 0.2) is 5.13 Å². The molecule has 1 fully saturated rings. The highest BCUT2D eigenvalue weighted by Gasteiger charge is 2.26. The molecule has 2 aromatic rings. The van der Waals surface area contributed by atoms with Crippen LogP contribution in [0, 0.1) is 0 Å². The molecule has 10 heteroatoms. The molecule has 9 nitrogen and oxygen atoms in total. The monoisotopic (exact) mass is 388 g/mol. The number of carbonyl (C=O) groups excluding carboxylic acids is 2. The van der Waals surface area contributed by atoms with E-state index in [0.717, 1.165) is 36.3 Å². The molecule has 0 unspecified atom stereocenters. The smallest absolute Gasteiger partial charge is 0.321 e. The van der Waals surface area contributed by atoms with Crippen LogP contribution in [0.3, 0.4) is 0 Å². The van der Waals surface area contributed by atoms with E-state index in [0.29, 0.717) is 24.6 Å². The number of nitrogens with one attached hydrogen (secondary N) is 3. The quantitative estimate of drug-likeness (QED) is 0.736. The van der Waals surface area contributed by atoms with Crippen LogP contribution in [0.15, 0.2) is 16.9 Å². The summed E-state index contributed by atoms with van der Waals surface area (Å²) < 4.78 is 0. The van der Waals surface area contributed by atoms with Gasteiger partial charge in [-0.1, -0.05) is 24.2 Å². The van der Waals surface area contributed by atoms with E-state index < -0.39 is 0 Å². The zero-order chi connectivity index (χ0) is 18.8. The fourth-order valence-electron chi connectivity index (χ4n) is 3.44. The Kier molecular flexibility index (Phi) is 4.88. The highest BCUT2D eigenvalue weighted by molar-refractivity contribution is 7.15. The summed E-state index contributed by atoms with van der Waals surface area (Å²) in [4.78, 5) is 42.9. The normalized spacial score (nSPS) is 16.8. The number of nitrogens with zero attached hydrogens (tertiary/aromatic N) is 3. The lowest BCUT2D eigenvalue weighted by atomic mass is 10.1. The van der Waals surface area contributed by atoms with E-state index in [2.05, 4.69) is 25.8 Å². The number of thiazole rings is 1. The van der Waals surface area contributed by atoms with Crippen LogP contribution >= 0.6 is 11.3 Å². The molecule has 142 valence electrons. The van der Waals surface area contributed by atoms with Gasteiger partial charge in [-0.15, -0.1) is 0 Å². The van der Waals surface area contributed by atoms with Crippen LogP contribution in [0.25, 0.3) is 0 Å². The molecule has 1 aliphatic heterocycles. The Morgan fingerprint density at radius 2 is 2.07 bits per heavy atom. The van der Waals surface area contributed by atoms with Crippen molar-refractivity contribution < 1.29 is 9.59 Å². The molecule has 0 atom stereocenters. The first kappa shape index (κ1) is 17.7. The lowest BCUT2D eigenvalue weighted by molar-refractivity contribution is 0.0729. The molecule has 3 amide bonds. The van der Waals surface area contributed by atoms with Gasteiger partial charge in [0.1, 0.15) is 5.69 Å². The maximum absolute atomic E-state index is 12.5. The number of aromatic amines is 1. The van der Waals surface area contributed by atoms with Gasteiger partial charge in [0, 0.05) is 30.0 Å². The first-order valence-corrected chi connectivity index (χ1v) is 9.81. The molecule has 0 radical (unpaired) electrons. The number of anilines is 1. The Bertz CT molecular complexity index is 897. The zero-order valence-electron chi connectivity index (χ0n) is 14.7. The van der Waals surface area contributed by atoms with Crippen molar-refractivity contribution >= 4 is 28.4 Å². The summed E-state index contributed by atoms with van der Waals surface area (Å²) in [5.41, 5.74) is 0.771. The van der Waals surface area contributed by atoms with Gasteiger partial charge in [0.25, 0.3) is 11.5 Å². The third-order valence-electron chi connectivity index (χ3n) is 4.83. The molecule has 4 rings (SSSR count). The molecule has 1 aliphatic carbocycles. The first-order chi connectivity index (χ1) is 13.1. The summed E-state index contributed by atoms with van der Waals surface area (Å²) in [5, 5.41) is 12.4. The van der Waals surface area contributed by atoms with Crippen molar-refractivity contribution in [2.24, 2.45) is 0 Å². The molecule has 3 heterocycles. The molecule has 0 aromatic carbocycles. The van der Waals surface area contributed by atoms with Crippen molar-refractivity contribution in [1.82, 2.24) is 25.4 Å². The van der Waals surface area contributed by atoms with Gasteiger partial charge in [-0.3, -0.25) is 14.9 Å². The van der Waals surface area contributed by atoms with Crippen molar-refractivity contribution in [2.45, 2.75) is 44.7 Å². The fourth-order valence-corrected chi connectivity index (χ4v) is 4.46. The number of aromatic nitrogens is 3. The van der Waals surface area contributed by atoms with Crippen LogP contribution in [0.2, 0.25) is 0 Å². The van der Waals surface area contributed by atoms with E-state index in [4.69, 9.17) is 0 Å². The minimum absolute atomic E-state index is 0.205. The van der Waals surface area contributed by atoms with Crippen LogP contribution in [0.5, 0.6) is 0 Å². The van der Waals surface area contributed by atoms with Crippen LogP contribution in [-0.4, -0.2) is 44.6 Å². The van der Waals surface area contributed by atoms with Gasteiger partial charge in [0.2, 0.25) is 0 Å². The minimum Gasteiger partial charge on any atom is -0.335 e. The third kappa shape index (κ3) is 4.00. The Morgan fingerprint density at radius 3 is 2.81 bits per heavy atom. The number of hydrogen-bond donors (Lipinski definition) is 3. The second kappa shape index (κ2) is 7.47. The number of rotatable bonds is 3. The molecule has 0 saturated heterocycles. The van der Waals surface area contributed by atoms with Crippen LogP contribution in [-0.2, 0) is 13.0 Å². The molecule has 0 bridgehead atoms. The molecule has 3 N–H and O–H groups in total. The molecular formula is C17H20N6O3S. The lowest BCUT2D eigenvalue weighted by Gasteiger charge is -2.25. The molecular weight excluding hydrogens is 368 g/mol. The Balaban J connectivity index is 1.39. The maximum Gasteiger partial charge on any atom is 0.321 e. The van der Waals surface area contributed by atoms with Gasteiger partial charge in [-0.05, 0) is 18.9 Å². The average molecular weight is 388 g/mol. The third-order valence-corrected chi connectivity index (χ3v) is 5.83. The molecule has 27 heavy (non-hydrogen) atoms. The summed E-state index contributed by atoms with van der Waals surface area (Å²) in [6.07, 6.45) is 4.98. The second-order valence-electron chi connectivity index (χ2n) is 6.75. The Labute approximate surface area is 159 Å². The van der Waals surface area contributed by atoms with Crippen molar-refractivity contribution in [3.05, 3.63) is 38.8 Å². The molecule has 1 saturated carbocycles. The molecule has 2 aromatic heterocycles. The second-order valence-corrected chi connectivity index (χ2v) is 7.84. The van der Waals surface area contributed by atoms with E-state index in [9.17, 15) is 14.4 Å². The largest absolute Gasteiger partial charge is 0.335 e. The molecule has 2 aliphatic rings. The Hall–Kier alpha value is -2.75. The average Bonchev–Trinajstić information content (AvgIpc) is 3.30. The SMILES string of the molecule is O=C(Nc1nc2c(s1)CN(C(=O)c1ccc(=O)[nH]n1)CC2)NC1CCCC1. The number of H-pyrrole nitrogens is 1. The van der Waals surface area contributed by atoms with Crippen LogP contribution < -0.4 is 16.2 Å². The van der Waals surface area contributed by atoms with Gasteiger partial charge < -0.3 is 10.2 Å². The first-order valence-electron chi connectivity index (χ1n) is 8.99. The van der Waals surface area contributed by atoms with Gasteiger partial charge >= 0.3 is 6.03 Å². The number of amides is 3. The van der Waals surface area contributed by atoms with E-state index in [1.165, 1.54) is 23.5 Å². The van der Waals surface area contributed by atoms with Crippen molar-refractivity contribution in [3.63, 3.8) is 0 Å². The number of fused-ring (bicyclic) bond motifs is 1. The zero-order valence-corrected chi connectivity index (χ0v) is 15.5. The van der Waals surface area contributed by atoms with Gasteiger partial charge in [-0.2, -0.15) is 5.10 Å². The molecule has 0 spiro atoms. The van der Waals surface area contributed by atoms with Gasteiger partial charge in [0.05, 0.1) is 12.2 Å². The number of hydrogen-bond acceptors (Lipinski definition) is 6. The summed E-state index contributed by atoms with van der Waals surface area (Å²) >= 11 is 1.39. The van der Waals surface area contributed by atoms with Crippen molar-refractivity contribution in [2.75, 3.05) is 11.9 Å². The van der Waals surface area contributed by atoms with Crippen molar-refractivity contribution in [3.8, 4) is 0 Å². The number of carbonyl (C=O) groups is 2. The minimum atomic E-state index is -0.346. The van der Waals surface area contributed by atoms with E-state index in [-0.39, 0.29) is 29.2 Å². The maximum atomic E-state index is 12.5. The lowest BCUT2D eigenvalue weighted by Crippen LogP contribution is -2.36. The Morgan fingerprint density at radius 1 is 1.26 bits per heavy atom. The standard InChI is InChI=1S/C17H20N6O3S/c24-14-6-5-12(21-22-14)15(25)23-8-7-11-13(9-23)27-17(19-11)20-16(26)18-10-3-1-2-4-10/h5-6,10H,1-4,7-9H2,(H,22,24)(H2,18,19,20,26). The van der Waals surface area contributed by atoms with E-state index in [1.54, 1.807) is 4.90 Å². The van der Waals surface area contributed by atoms with Crippen molar-refractivity contribution in [1.29, 1.82) is 0 Å².